The molecule has 94 valence electrons. The first-order valence-electron chi connectivity index (χ1n) is 6.73. The molecule has 0 aromatic heterocycles. The molecule has 0 amide bonds. The van der Waals surface area contributed by atoms with Crippen LogP contribution in [0.1, 0.15) is 52.4 Å². The third-order valence-corrected chi connectivity index (χ3v) is 4.34. The fourth-order valence-electron chi connectivity index (χ4n) is 2.70. The molecular formula is C13H25NO2. The maximum Gasteiger partial charge on any atom is 0.216 e. The molecule has 1 heterocycles. The fourth-order valence-corrected chi connectivity index (χ4v) is 2.70. The largest absolute Gasteiger partial charge is 0.356 e. The maximum absolute atomic E-state index is 10.0. The van der Waals surface area contributed by atoms with Gasteiger partial charge in [0.15, 0.2) is 0 Å². The van der Waals surface area contributed by atoms with Crippen LogP contribution in [0.25, 0.3) is 0 Å². The minimum atomic E-state index is -0.678. The fraction of sp³-hybridized carbons (Fsp3) is 1.00. The Balaban J connectivity index is 1.75. The Morgan fingerprint density at radius 2 is 2.00 bits per heavy atom. The van der Waals surface area contributed by atoms with Crippen LogP contribution in [0.2, 0.25) is 0 Å². The summed E-state index contributed by atoms with van der Waals surface area (Å²) in [6.45, 7) is 6.33. The Labute approximate surface area is 98.8 Å². The molecule has 1 atom stereocenters. The predicted octanol–water partition coefficient (Wildman–Crippen LogP) is 2.34. The number of ether oxygens (including phenoxy) is 1. The van der Waals surface area contributed by atoms with Crippen LogP contribution in [0, 0.1) is 5.92 Å². The Morgan fingerprint density at radius 1 is 1.38 bits per heavy atom. The summed E-state index contributed by atoms with van der Waals surface area (Å²) in [6, 6.07) is 0. The normalized spacial score (nSPS) is 28.7. The lowest BCUT2D eigenvalue weighted by molar-refractivity contribution is -0.269. The summed E-state index contributed by atoms with van der Waals surface area (Å²) in [7, 11) is 0. The number of piperidine rings is 1. The van der Waals surface area contributed by atoms with Gasteiger partial charge in [0.25, 0.3) is 0 Å². The summed E-state index contributed by atoms with van der Waals surface area (Å²) < 4.78 is 5.76. The van der Waals surface area contributed by atoms with E-state index in [-0.39, 0.29) is 5.60 Å². The number of aliphatic hydroxyl groups is 1. The van der Waals surface area contributed by atoms with E-state index in [1.165, 1.54) is 25.7 Å². The van der Waals surface area contributed by atoms with E-state index < -0.39 is 6.41 Å². The lowest BCUT2D eigenvalue weighted by Crippen LogP contribution is -2.49. The molecule has 2 fully saturated rings. The van der Waals surface area contributed by atoms with Crippen LogP contribution in [-0.4, -0.2) is 35.1 Å². The first kappa shape index (κ1) is 12.3. The van der Waals surface area contributed by atoms with Gasteiger partial charge in [-0.15, -0.1) is 0 Å². The molecule has 0 aromatic carbocycles. The molecule has 2 aliphatic rings. The third-order valence-electron chi connectivity index (χ3n) is 4.34. The molecule has 16 heavy (non-hydrogen) atoms. The predicted molar refractivity (Wildman–Crippen MR) is 63.9 cm³/mol. The van der Waals surface area contributed by atoms with E-state index in [4.69, 9.17) is 4.74 Å². The Kier molecular flexibility index (Phi) is 3.88. The van der Waals surface area contributed by atoms with E-state index in [0.717, 1.165) is 31.8 Å². The lowest BCUT2D eigenvalue weighted by atomic mass is 9.82. The smallest absolute Gasteiger partial charge is 0.216 e. The molecule has 0 radical (unpaired) electrons. The molecule has 0 aromatic rings. The SMILES string of the molecule is CCC1CCN(C(O)OC2(C)CCC2)CC1. The second-order valence-corrected chi connectivity index (χ2v) is 5.64. The Bertz CT molecular complexity index is 220. The van der Waals surface area contributed by atoms with Crippen LogP contribution in [0.5, 0.6) is 0 Å². The van der Waals surface area contributed by atoms with Gasteiger partial charge < -0.3 is 9.84 Å². The zero-order valence-electron chi connectivity index (χ0n) is 10.6. The Hall–Kier alpha value is -0.120. The van der Waals surface area contributed by atoms with Crippen molar-refractivity contribution in [3.63, 3.8) is 0 Å². The van der Waals surface area contributed by atoms with Crippen LogP contribution in [-0.2, 0) is 4.74 Å². The minimum absolute atomic E-state index is 0.0545. The molecule has 1 N–H and O–H groups in total. The molecule has 1 aliphatic heterocycles. The summed E-state index contributed by atoms with van der Waals surface area (Å²) in [4.78, 5) is 2.08. The highest BCUT2D eigenvalue weighted by molar-refractivity contribution is 4.85. The number of aliphatic hydroxyl groups excluding tert-OH is 1. The quantitative estimate of drug-likeness (QED) is 0.748. The van der Waals surface area contributed by atoms with Crippen molar-refractivity contribution in [3.8, 4) is 0 Å². The van der Waals surface area contributed by atoms with Gasteiger partial charge in [0.1, 0.15) is 0 Å². The van der Waals surface area contributed by atoms with E-state index >= 15 is 0 Å². The Morgan fingerprint density at radius 3 is 2.44 bits per heavy atom. The molecule has 1 saturated heterocycles. The van der Waals surface area contributed by atoms with Gasteiger partial charge in [-0.3, -0.25) is 4.90 Å². The summed E-state index contributed by atoms with van der Waals surface area (Å²) in [5.41, 5.74) is -0.0545. The molecule has 0 bridgehead atoms. The summed E-state index contributed by atoms with van der Waals surface area (Å²) >= 11 is 0. The summed E-state index contributed by atoms with van der Waals surface area (Å²) in [5.74, 6) is 0.850. The standard InChI is InChI=1S/C13H25NO2/c1-3-11-5-9-14(10-6-11)12(15)16-13(2)7-4-8-13/h11-12,15H,3-10H2,1-2H3. The zero-order chi connectivity index (χ0) is 11.6. The second-order valence-electron chi connectivity index (χ2n) is 5.64. The van der Waals surface area contributed by atoms with E-state index in [0.29, 0.717) is 0 Å². The van der Waals surface area contributed by atoms with E-state index in [1.54, 1.807) is 0 Å². The van der Waals surface area contributed by atoms with Gasteiger partial charge in [-0.25, -0.2) is 0 Å². The summed E-state index contributed by atoms with van der Waals surface area (Å²) in [5, 5.41) is 10.0. The van der Waals surface area contributed by atoms with Crippen LogP contribution >= 0.6 is 0 Å². The van der Waals surface area contributed by atoms with E-state index in [2.05, 4.69) is 18.7 Å². The minimum Gasteiger partial charge on any atom is -0.356 e. The zero-order valence-corrected chi connectivity index (χ0v) is 10.6. The van der Waals surface area contributed by atoms with Crippen molar-refractivity contribution in [2.75, 3.05) is 13.1 Å². The first-order chi connectivity index (χ1) is 7.63. The monoisotopic (exact) mass is 227 g/mol. The van der Waals surface area contributed by atoms with Crippen molar-refractivity contribution in [2.45, 2.75) is 64.4 Å². The number of hydrogen-bond acceptors (Lipinski definition) is 3. The van der Waals surface area contributed by atoms with Crippen LogP contribution < -0.4 is 0 Å². The van der Waals surface area contributed by atoms with Crippen LogP contribution in [0.15, 0.2) is 0 Å². The maximum atomic E-state index is 10.0. The molecule has 0 spiro atoms. The van der Waals surface area contributed by atoms with Crippen molar-refractivity contribution in [1.82, 2.24) is 4.90 Å². The average Bonchev–Trinajstić information content (AvgIpc) is 2.27. The topological polar surface area (TPSA) is 32.7 Å². The molecule has 2 rings (SSSR count). The van der Waals surface area contributed by atoms with Crippen LogP contribution in [0.3, 0.4) is 0 Å². The molecular weight excluding hydrogens is 202 g/mol. The molecule has 1 saturated carbocycles. The van der Waals surface area contributed by atoms with E-state index in [9.17, 15) is 5.11 Å². The van der Waals surface area contributed by atoms with Gasteiger partial charge in [-0.2, -0.15) is 0 Å². The van der Waals surface area contributed by atoms with Crippen LogP contribution in [0.4, 0.5) is 0 Å². The molecule has 1 unspecified atom stereocenters. The van der Waals surface area contributed by atoms with Crippen molar-refractivity contribution in [2.24, 2.45) is 5.92 Å². The van der Waals surface area contributed by atoms with Gasteiger partial charge in [0.05, 0.1) is 5.60 Å². The highest BCUT2D eigenvalue weighted by atomic mass is 16.6. The van der Waals surface area contributed by atoms with Crippen molar-refractivity contribution in [1.29, 1.82) is 0 Å². The average molecular weight is 227 g/mol. The lowest BCUT2D eigenvalue weighted by Gasteiger charge is -2.43. The number of rotatable bonds is 4. The van der Waals surface area contributed by atoms with Gasteiger partial charge in [-0.1, -0.05) is 13.3 Å². The van der Waals surface area contributed by atoms with Gasteiger partial charge >= 0.3 is 0 Å². The highest BCUT2D eigenvalue weighted by Gasteiger charge is 2.37. The van der Waals surface area contributed by atoms with Crippen molar-refractivity contribution < 1.29 is 9.84 Å². The third kappa shape index (κ3) is 2.76. The summed E-state index contributed by atoms with van der Waals surface area (Å²) in [6.07, 6.45) is 6.42. The van der Waals surface area contributed by atoms with E-state index in [1.807, 2.05) is 0 Å². The van der Waals surface area contributed by atoms with Gasteiger partial charge in [0, 0.05) is 13.1 Å². The molecule has 3 heteroatoms. The number of likely N-dealkylation sites (tertiary alicyclic amines) is 1. The number of hydrogen-bond donors (Lipinski definition) is 1. The molecule has 3 nitrogen and oxygen atoms in total. The van der Waals surface area contributed by atoms with Crippen molar-refractivity contribution in [3.05, 3.63) is 0 Å². The second kappa shape index (κ2) is 5.03. The molecule has 1 aliphatic carbocycles. The van der Waals surface area contributed by atoms with Gasteiger partial charge in [-0.05, 0) is 44.9 Å². The first-order valence-corrected chi connectivity index (χ1v) is 6.73. The van der Waals surface area contributed by atoms with Gasteiger partial charge in [0.2, 0.25) is 6.41 Å². The number of nitrogens with zero attached hydrogens (tertiary/aromatic N) is 1. The van der Waals surface area contributed by atoms with Crippen molar-refractivity contribution >= 4 is 0 Å². The highest BCUT2D eigenvalue weighted by Crippen LogP contribution is 2.36.